The van der Waals surface area contributed by atoms with Gasteiger partial charge in [-0.05, 0) is 26.3 Å². The van der Waals surface area contributed by atoms with Crippen LogP contribution in [0.5, 0.6) is 0 Å². The predicted molar refractivity (Wildman–Crippen MR) is 63.0 cm³/mol. The molecule has 0 saturated heterocycles. The first-order valence-electron chi connectivity index (χ1n) is 4.99. The molecule has 0 fully saturated rings. The molecule has 4 nitrogen and oxygen atoms in total. The van der Waals surface area contributed by atoms with Crippen molar-refractivity contribution in [1.29, 1.82) is 0 Å². The number of aliphatic carboxylic acids is 1. The predicted octanol–water partition coefficient (Wildman–Crippen LogP) is 1.96. The van der Waals surface area contributed by atoms with Crippen molar-refractivity contribution in [3.05, 3.63) is 21.4 Å². The van der Waals surface area contributed by atoms with Gasteiger partial charge in [0.15, 0.2) is 0 Å². The average molecular weight is 241 g/mol. The van der Waals surface area contributed by atoms with Gasteiger partial charge < -0.3 is 10.4 Å². The fourth-order valence-corrected chi connectivity index (χ4v) is 2.22. The molecule has 2 N–H and O–H groups in total. The molecule has 0 radical (unpaired) electrons. The molecule has 1 unspecified atom stereocenters. The quantitative estimate of drug-likeness (QED) is 0.846. The van der Waals surface area contributed by atoms with Crippen molar-refractivity contribution in [1.82, 2.24) is 5.32 Å². The maximum atomic E-state index is 11.8. The van der Waals surface area contributed by atoms with Gasteiger partial charge in [0.1, 0.15) is 0 Å². The molecular weight excluding hydrogens is 226 g/mol. The second-order valence-corrected chi connectivity index (χ2v) is 4.89. The molecular formula is C11H15NO3S. The van der Waals surface area contributed by atoms with Crippen LogP contribution >= 0.6 is 11.3 Å². The van der Waals surface area contributed by atoms with E-state index in [9.17, 15) is 9.59 Å². The number of rotatable bonds is 4. The molecule has 1 heterocycles. The Labute approximate surface area is 98.3 Å². The molecule has 88 valence electrons. The molecule has 1 aromatic heterocycles. The zero-order valence-electron chi connectivity index (χ0n) is 9.53. The summed E-state index contributed by atoms with van der Waals surface area (Å²) in [6.07, 6.45) is -0.0616. The summed E-state index contributed by atoms with van der Waals surface area (Å²) in [5, 5.41) is 13.0. The summed E-state index contributed by atoms with van der Waals surface area (Å²) in [4.78, 5) is 23.3. The minimum Gasteiger partial charge on any atom is -0.481 e. The lowest BCUT2D eigenvalue weighted by molar-refractivity contribution is -0.137. The summed E-state index contributed by atoms with van der Waals surface area (Å²) in [7, 11) is 0. The fourth-order valence-electron chi connectivity index (χ4n) is 1.35. The lowest BCUT2D eigenvalue weighted by Crippen LogP contribution is -2.34. The van der Waals surface area contributed by atoms with E-state index in [2.05, 4.69) is 5.32 Å². The number of thiophene rings is 1. The van der Waals surface area contributed by atoms with Crippen LogP contribution in [0.25, 0.3) is 0 Å². The topological polar surface area (TPSA) is 66.4 Å². The summed E-state index contributed by atoms with van der Waals surface area (Å²) < 4.78 is 0. The van der Waals surface area contributed by atoms with Crippen molar-refractivity contribution in [2.75, 3.05) is 0 Å². The second-order valence-electron chi connectivity index (χ2n) is 3.80. The fraction of sp³-hybridized carbons (Fsp3) is 0.455. The third-order valence-corrected chi connectivity index (χ3v) is 3.40. The van der Waals surface area contributed by atoms with Crippen molar-refractivity contribution in [3.63, 3.8) is 0 Å². The van der Waals surface area contributed by atoms with Crippen LogP contribution in [0.4, 0.5) is 0 Å². The van der Waals surface area contributed by atoms with Gasteiger partial charge in [0.05, 0.1) is 12.0 Å². The van der Waals surface area contributed by atoms with E-state index in [0.29, 0.717) is 5.56 Å². The molecule has 0 bridgehead atoms. The molecule has 0 aliphatic heterocycles. The smallest absolute Gasteiger partial charge is 0.305 e. The lowest BCUT2D eigenvalue weighted by atomic mass is 10.1. The summed E-state index contributed by atoms with van der Waals surface area (Å²) in [6, 6.07) is -0.357. The van der Waals surface area contributed by atoms with Gasteiger partial charge in [-0.2, -0.15) is 0 Å². The lowest BCUT2D eigenvalue weighted by Gasteiger charge is -2.11. The normalized spacial score (nSPS) is 12.2. The number of carbonyl (C=O) groups excluding carboxylic acids is 1. The van der Waals surface area contributed by atoms with Gasteiger partial charge in [-0.25, -0.2) is 0 Å². The molecule has 0 aliphatic rings. The largest absolute Gasteiger partial charge is 0.481 e. The van der Waals surface area contributed by atoms with Crippen LogP contribution < -0.4 is 5.32 Å². The monoisotopic (exact) mass is 241 g/mol. The molecule has 1 aromatic rings. The highest BCUT2D eigenvalue weighted by Crippen LogP contribution is 2.20. The number of hydrogen-bond donors (Lipinski definition) is 2. The molecule has 1 rings (SSSR count). The Balaban J connectivity index is 2.66. The Morgan fingerprint density at radius 1 is 1.50 bits per heavy atom. The Morgan fingerprint density at radius 3 is 2.56 bits per heavy atom. The number of carboxylic acid groups (broad SMARTS) is 1. The molecule has 5 heteroatoms. The van der Waals surface area contributed by atoms with Crippen LogP contribution in [0.3, 0.4) is 0 Å². The van der Waals surface area contributed by atoms with E-state index in [1.54, 1.807) is 12.3 Å². The molecule has 0 saturated carbocycles. The van der Waals surface area contributed by atoms with Crippen molar-refractivity contribution in [2.24, 2.45) is 0 Å². The molecule has 1 atom stereocenters. The maximum absolute atomic E-state index is 11.8. The van der Waals surface area contributed by atoms with Gasteiger partial charge in [-0.1, -0.05) is 0 Å². The van der Waals surface area contributed by atoms with E-state index in [1.165, 1.54) is 11.3 Å². The van der Waals surface area contributed by atoms with E-state index in [0.717, 1.165) is 10.4 Å². The van der Waals surface area contributed by atoms with Gasteiger partial charge in [-0.15, -0.1) is 11.3 Å². The first-order valence-corrected chi connectivity index (χ1v) is 5.87. The van der Waals surface area contributed by atoms with Crippen molar-refractivity contribution in [3.8, 4) is 0 Å². The van der Waals surface area contributed by atoms with Crippen LogP contribution in [0.1, 0.15) is 34.1 Å². The maximum Gasteiger partial charge on any atom is 0.305 e. The number of hydrogen-bond acceptors (Lipinski definition) is 3. The van der Waals surface area contributed by atoms with E-state index < -0.39 is 5.97 Å². The molecule has 16 heavy (non-hydrogen) atoms. The number of aryl methyl sites for hydroxylation is 1. The third-order valence-electron chi connectivity index (χ3n) is 2.39. The van der Waals surface area contributed by atoms with Crippen LogP contribution in [0.15, 0.2) is 5.38 Å². The Morgan fingerprint density at radius 2 is 2.12 bits per heavy atom. The number of carboxylic acids is 1. The standard InChI is InChI=1S/C11H15NO3S/c1-6(4-10(13)14)12-11(15)9-5-16-8(3)7(9)2/h5-6H,4H2,1-3H3,(H,12,15)(H,13,14). The highest BCUT2D eigenvalue weighted by molar-refractivity contribution is 7.10. The van der Waals surface area contributed by atoms with Crippen molar-refractivity contribution in [2.45, 2.75) is 33.2 Å². The molecule has 1 amide bonds. The first kappa shape index (κ1) is 12.7. The van der Waals surface area contributed by atoms with E-state index in [4.69, 9.17) is 5.11 Å². The zero-order valence-corrected chi connectivity index (χ0v) is 10.4. The first-order chi connectivity index (χ1) is 7.41. The highest BCUT2D eigenvalue weighted by Gasteiger charge is 2.15. The van der Waals surface area contributed by atoms with Crippen LogP contribution in [0.2, 0.25) is 0 Å². The SMILES string of the molecule is Cc1scc(C(=O)NC(C)CC(=O)O)c1C. The molecule has 0 aliphatic carbocycles. The van der Waals surface area contributed by atoms with Gasteiger partial charge in [-0.3, -0.25) is 9.59 Å². The van der Waals surface area contributed by atoms with Crippen LogP contribution in [0, 0.1) is 13.8 Å². The Hall–Kier alpha value is -1.36. The van der Waals surface area contributed by atoms with Gasteiger partial charge in [0.25, 0.3) is 5.91 Å². The van der Waals surface area contributed by atoms with Crippen molar-refractivity contribution < 1.29 is 14.7 Å². The summed E-state index contributed by atoms with van der Waals surface area (Å²) in [5.74, 6) is -1.11. The average Bonchev–Trinajstić information content (AvgIpc) is 2.45. The highest BCUT2D eigenvalue weighted by atomic mass is 32.1. The van der Waals surface area contributed by atoms with E-state index in [-0.39, 0.29) is 18.4 Å². The Bertz CT molecular complexity index is 411. The minimum atomic E-state index is -0.911. The third kappa shape index (κ3) is 3.06. The van der Waals surface area contributed by atoms with Gasteiger partial charge in [0.2, 0.25) is 0 Å². The van der Waals surface area contributed by atoms with E-state index >= 15 is 0 Å². The number of carbonyl (C=O) groups is 2. The molecule has 0 spiro atoms. The van der Waals surface area contributed by atoms with E-state index in [1.807, 2.05) is 13.8 Å². The van der Waals surface area contributed by atoms with Crippen LogP contribution in [-0.2, 0) is 4.79 Å². The van der Waals surface area contributed by atoms with Gasteiger partial charge >= 0.3 is 5.97 Å². The number of nitrogens with one attached hydrogen (secondary N) is 1. The molecule has 0 aromatic carbocycles. The summed E-state index contributed by atoms with van der Waals surface area (Å²) in [5.41, 5.74) is 1.60. The van der Waals surface area contributed by atoms with Gasteiger partial charge in [0, 0.05) is 16.3 Å². The summed E-state index contributed by atoms with van der Waals surface area (Å²) >= 11 is 1.52. The second kappa shape index (κ2) is 5.12. The Kier molecular flexibility index (Phi) is 4.06. The summed E-state index contributed by atoms with van der Waals surface area (Å²) in [6.45, 7) is 5.53. The number of amides is 1. The zero-order chi connectivity index (χ0) is 12.3. The van der Waals surface area contributed by atoms with Crippen LogP contribution in [-0.4, -0.2) is 23.0 Å². The minimum absolute atomic E-state index is 0.0616. The van der Waals surface area contributed by atoms with Crippen molar-refractivity contribution >= 4 is 23.2 Å².